The van der Waals surface area contributed by atoms with Crippen molar-refractivity contribution < 1.29 is 17.6 Å². The number of sulfone groups is 1. The van der Waals surface area contributed by atoms with E-state index in [-0.39, 0.29) is 22.4 Å². The Bertz CT molecular complexity index is 1040. The lowest BCUT2D eigenvalue weighted by Crippen LogP contribution is -2.13. The molecule has 0 bridgehead atoms. The number of para-hydroxylation sites is 2. The Morgan fingerprint density at radius 1 is 1.21 bits per heavy atom. The second-order valence-electron chi connectivity index (χ2n) is 5.59. The molecule has 1 aliphatic heterocycles. The van der Waals surface area contributed by atoms with Gasteiger partial charge in [0.15, 0.2) is 15.4 Å². The van der Waals surface area contributed by atoms with E-state index in [0.717, 1.165) is 0 Å². The zero-order valence-corrected chi connectivity index (χ0v) is 13.6. The number of nitrogens with zero attached hydrogens (tertiary/aromatic N) is 1. The van der Waals surface area contributed by atoms with Crippen LogP contribution in [0, 0.1) is 0 Å². The smallest absolute Gasteiger partial charge is 0.241 e. The summed E-state index contributed by atoms with van der Waals surface area (Å²) >= 11 is 0. The first kappa shape index (κ1) is 14.9. The molecular formula is C17H14N2O4S. The van der Waals surface area contributed by atoms with Gasteiger partial charge in [-0.1, -0.05) is 19.1 Å². The van der Waals surface area contributed by atoms with E-state index >= 15 is 0 Å². The molecule has 4 rings (SSSR count). The average Bonchev–Trinajstić information content (AvgIpc) is 3.13. The van der Waals surface area contributed by atoms with Crippen LogP contribution in [0.1, 0.15) is 24.3 Å². The molecule has 1 aromatic heterocycles. The van der Waals surface area contributed by atoms with E-state index in [4.69, 9.17) is 4.42 Å². The van der Waals surface area contributed by atoms with Gasteiger partial charge in [-0.2, -0.15) is 0 Å². The fourth-order valence-electron chi connectivity index (χ4n) is 2.86. The number of amides is 1. The Morgan fingerprint density at radius 3 is 2.75 bits per heavy atom. The summed E-state index contributed by atoms with van der Waals surface area (Å²) in [4.78, 5) is 17.0. The Balaban J connectivity index is 1.87. The lowest BCUT2D eigenvalue weighted by Gasteiger charge is -2.07. The molecule has 2 heterocycles. The van der Waals surface area contributed by atoms with Crippen LogP contribution in [0.5, 0.6) is 0 Å². The third kappa shape index (κ3) is 2.20. The van der Waals surface area contributed by atoms with E-state index < -0.39 is 15.8 Å². The normalized spacial score (nSPS) is 17.0. The molecule has 1 N–H and O–H groups in total. The second-order valence-corrected chi connectivity index (χ2v) is 7.87. The molecule has 7 heteroatoms. The molecule has 2 aromatic carbocycles. The molecule has 122 valence electrons. The maximum atomic E-state index is 12.4. The van der Waals surface area contributed by atoms with Crippen LogP contribution in [0.3, 0.4) is 0 Å². The summed E-state index contributed by atoms with van der Waals surface area (Å²) in [6.45, 7) is 1.59. The van der Waals surface area contributed by atoms with Crippen molar-refractivity contribution in [1.82, 2.24) is 4.98 Å². The van der Waals surface area contributed by atoms with Crippen molar-refractivity contribution in [1.29, 1.82) is 0 Å². The predicted molar refractivity (Wildman–Crippen MR) is 88.7 cm³/mol. The summed E-state index contributed by atoms with van der Waals surface area (Å²) in [5.74, 6) is -0.763. The molecule has 0 spiro atoms. The summed E-state index contributed by atoms with van der Waals surface area (Å²) in [7, 11) is -3.36. The predicted octanol–water partition coefficient (Wildman–Crippen LogP) is 2.71. The molecule has 0 fully saturated rings. The first-order valence-electron chi connectivity index (χ1n) is 7.52. The van der Waals surface area contributed by atoms with Gasteiger partial charge in [-0.25, -0.2) is 13.4 Å². The van der Waals surface area contributed by atoms with Gasteiger partial charge in [0, 0.05) is 5.69 Å². The lowest BCUT2D eigenvalue weighted by molar-refractivity contribution is -0.116. The summed E-state index contributed by atoms with van der Waals surface area (Å²) in [6.07, 6.45) is 0. The Labute approximate surface area is 138 Å². The number of hydrogen-bond donors (Lipinski definition) is 1. The van der Waals surface area contributed by atoms with Gasteiger partial charge in [0.25, 0.3) is 0 Å². The molecule has 3 aromatic rings. The first-order chi connectivity index (χ1) is 11.5. The minimum Gasteiger partial charge on any atom is -0.439 e. The molecule has 1 amide bonds. The van der Waals surface area contributed by atoms with Crippen LogP contribution < -0.4 is 5.32 Å². The lowest BCUT2D eigenvalue weighted by atomic mass is 10.0. The van der Waals surface area contributed by atoms with Crippen molar-refractivity contribution in [3.8, 4) is 0 Å². The van der Waals surface area contributed by atoms with Crippen molar-refractivity contribution in [2.45, 2.75) is 17.7 Å². The van der Waals surface area contributed by atoms with Crippen molar-refractivity contribution in [2.75, 3.05) is 11.1 Å². The SMILES string of the molecule is CCS(=O)(=O)c1ccc2c(c1)C(c1nc3ccccc3o1)C(=O)N2. The van der Waals surface area contributed by atoms with Gasteiger partial charge >= 0.3 is 0 Å². The van der Waals surface area contributed by atoms with Gasteiger partial charge in [-0.05, 0) is 35.9 Å². The van der Waals surface area contributed by atoms with Gasteiger partial charge in [0.2, 0.25) is 11.8 Å². The number of carbonyl (C=O) groups is 1. The van der Waals surface area contributed by atoms with Gasteiger partial charge in [-0.15, -0.1) is 0 Å². The van der Waals surface area contributed by atoms with Crippen molar-refractivity contribution in [2.24, 2.45) is 0 Å². The summed E-state index contributed by atoms with van der Waals surface area (Å²) in [6, 6.07) is 11.9. The van der Waals surface area contributed by atoms with Crippen molar-refractivity contribution in [3.05, 3.63) is 53.9 Å². The number of nitrogens with one attached hydrogen (secondary N) is 1. The molecule has 1 atom stereocenters. The molecule has 6 nitrogen and oxygen atoms in total. The van der Waals surface area contributed by atoms with Crippen LogP contribution >= 0.6 is 0 Å². The molecule has 0 saturated carbocycles. The number of rotatable bonds is 3. The Hall–Kier alpha value is -2.67. The van der Waals surface area contributed by atoms with E-state index in [1.165, 1.54) is 12.1 Å². The van der Waals surface area contributed by atoms with Gasteiger partial charge < -0.3 is 9.73 Å². The van der Waals surface area contributed by atoms with Crippen molar-refractivity contribution >= 4 is 32.5 Å². The van der Waals surface area contributed by atoms with Gasteiger partial charge in [0.1, 0.15) is 11.4 Å². The van der Waals surface area contributed by atoms with E-state index in [9.17, 15) is 13.2 Å². The number of oxazole rings is 1. The standard InChI is InChI=1S/C17H14N2O4S/c1-2-24(21,22)10-7-8-12-11(9-10)15(16(20)18-12)17-19-13-5-3-4-6-14(13)23-17/h3-9,15H,2H2,1H3,(H,18,20). The largest absolute Gasteiger partial charge is 0.439 e. The van der Waals surface area contributed by atoms with Gasteiger partial charge in [0.05, 0.1) is 10.6 Å². The zero-order valence-electron chi connectivity index (χ0n) is 12.8. The minimum absolute atomic E-state index is 0.000710. The molecule has 1 unspecified atom stereocenters. The molecule has 0 aliphatic carbocycles. The van der Waals surface area contributed by atoms with Crippen molar-refractivity contribution in [3.63, 3.8) is 0 Å². The highest BCUT2D eigenvalue weighted by atomic mass is 32.2. The third-order valence-corrected chi connectivity index (χ3v) is 5.88. The monoisotopic (exact) mass is 342 g/mol. The fraction of sp³-hybridized carbons (Fsp3) is 0.176. The number of fused-ring (bicyclic) bond motifs is 2. The molecule has 0 saturated heterocycles. The van der Waals surface area contributed by atoms with E-state index in [1.807, 2.05) is 12.1 Å². The molecule has 24 heavy (non-hydrogen) atoms. The van der Waals surface area contributed by atoms with E-state index in [2.05, 4.69) is 10.3 Å². The quantitative estimate of drug-likeness (QED) is 0.790. The topological polar surface area (TPSA) is 89.3 Å². The Morgan fingerprint density at radius 2 is 2.00 bits per heavy atom. The number of hydrogen-bond acceptors (Lipinski definition) is 5. The summed E-state index contributed by atoms with van der Waals surface area (Å²) in [5, 5.41) is 2.75. The van der Waals surface area contributed by atoms with E-state index in [0.29, 0.717) is 22.4 Å². The summed E-state index contributed by atoms with van der Waals surface area (Å²) < 4.78 is 30.0. The molecule has 1 aliphatic rings. The van der Waals surface area contributed by atoms with Crippen LogP contribution in [0.15, 0.2) is 51.8 Å². The number of anilines is 1. The highest BCUT2D eigenvalue weighted by Gasteiger charge is 2.36. The highest BCUT2D eigenvalue weighted by Crippen LogP contribution is 2.39. The number of carbonyl (C=O) groups excluding carboxylic acids is 1. The minimum atomic E-state index is -3.36. The number of aromatic nitrogens is 1. The third-order valence-electron chi connectivity index (χ3n) is 4.15. The highest BCUT2D eigenvalue weighted by molar-refractivity contribution is 7.91. The zero-order chi connectivity index (χ0) is 16.9. The fourth-order valence-corrected chi connectivity index (χ4v) is 3.77. The van der Waals surface area contributed by atoms with Crippen LogP contribution in [0.4, 0.5) is 5.69 Å². The Kier molecular flexibility index (Phi) is 3.21. The van der Waals surface area contributed by atoms with Crippen LogP contribution in [-0.2, 0) is 14.6 Å². The molecular weight excluding hydrogens is 328 g/mol. The summed E-state index contributed by atoms with van der Waals surface area (Å²) in [5.41, 5.74) is 2.40. The molecule has 0 radical (unpaired) electrons. The van der Waals surface area contributed by atoms with Crippen LogP contribution in [0.25, 0.3) is 11.1 Å². The van der Waals surface area contributed by atoms with Gasteiger partial charge in [-0.3, -0.25) is 4.79 Å². The average molecular weight is 342 g/mol. The number of benzene rings is 2. The maximum absolute atomic E-state index is 12.4. The van der Waals surface area contributed by atoms with E-state index in [1.54, 1.807) is 25.1 Å². The van der Waals surface area contributed by atoms with Crippen LogP contribution in [0.2, 0.25) is 0 Å². The van der Waals surface area contributed by atoms with Crippen LogP contribution in [-0.4, -0.2) is 25.1 Å². The second kappa shape index (κ2) is 5.17. The maximum Gasteiger partial charge on any atom is 0.241 e. The first-order valence-corrected chi connectivity index (χ1v) is 9.18.